The number of aromatic nitrogens is 4. The van der Waals surface area contributed by atoms with Crippen LogP contribution in [-0.2, 0) is 20.0 Å². The zero-order chi connectivity index (χ0) is 20.1. The number of benzene rings is 2. The summed E-state index contributed by atoms with van der Waals surface area (Å²) in [5.41, 5.74) is 4.43. The minimum Gasteiger partial charge on any atom is -0.338 e. The molecule has 1 aromatic heterocycles. The zero-order valence-electron chi connectivity index (χ0n) is 16.5. The van der Waals surface area contributed by atoms with Crippen LogP contribution in [0.4, 0.5) is 10.5 Å². The average Bonchev–Trinajstić information content (AvgIpc) is 3.17. The largest absolute Gasteiger partial charge is 0.338 e. The predicted molar refractivity (Wildman–Crippen MR) is 111 cm³/mol. The third-order valence-corrected chi connectivity index (χ3v) is 5.15. The van der Waals surface area contributed by atoms with Gasteiger partial charge in [0, 0.05) is 44.5 Å². The van der Waals surface area contributed by atoms with Crippen LogP contribution < -0.4 is 10.6 Å². The van der Waals surface area contributed by atoms with Crippen LogP contribution in [0.15, 0.2) is 48.5 Å². The highest BCUT2D eigenvalue weighted by molar-refractivity contribution is 5.89. The van der Waals surface area contributed by atoms with Crippen molar-refractivity contribution in [3.8, 4) is 11.4 Å². The van der Waals surface area contributed by atoms with E-state index in [4.69, 9.17) is 0 Å². The first kappa shape index (κ1) is 19.1. The Morgan fingerprint density at radius 1 is 1.14 bits per heavy atom. The molecule has 0 atom stereocenters. The number of nitrogens with one attached hydrogen (secondary N) is 2. The number of carbonyl (C=O) groups excluding carboxylic acids is 1. The normalized spacial score (nSPS) is 13.7. The van der Waals surface area contributed by atoms with Crippen LogP contribution >= 0.6 is 0 Å². The highest BCUT2D eigenvalue weighted by Crippen LogP contribution is 2.20. The number of rotatable bonds is 6. The molecule has 0 saturated carbocycles. The van der Waals surface area contributed by atoms with Gasteiger partial charge in [0.05, 0.1) is 0 Å². The average molecular weight is 391 g/mol. The molecule has 2 amide bonds. The molecular weight excluding hydrogens is 366 g/mol. The SMILES string of the molecule is Cn1nnnc1-c1cccc(NC(=O)NCCCN2CCc3ccccc3C2)c1. The van der Waals surface area contributed by atoms with E-state index in [9.17, 15) is 4.79 Å². The van der Waals surface area contributed by atoms with Crippen LogP contribution in [0.25, 0.3) is 11.4 Å². The van der Waals surface area contributed by atoms with E-state index in [0.717, 1.165) is 38.0 Å². The van der Waals surface area contributed by atoms with Gasteiger partial charge in [0.1, 0.15) is 0 Å². The second-order valence-electron chi connectivity index (χ2n) is 7.24. The Morgan fingerprint density at radius 3 is 2.83 bits per heavy atom. The highest BCUT2D eigenvalue weighted by Gasteiger charge is 2.15. The number of hydrogen-bond acceptors (Lipinski definition) is 5. The summed E-state index contributed by atoms with van der Waals surface area (Å²) in [4.78, 5) is 14.7. The minimum atomic E-state index is -0.206. The molecule has 1 aliphatic rings. The summed E-state index contributed by atoms with van der Waals surface area (Å²) in [5.74, 6) is 0.650. The van der Waals surface area contributed by atoms with Crippen molar-refractivity contribution >= 4 is 11.7 Å². The van der Waals surface area contributed by atoms with Crippen molar-refractivity contribution in [2.45, 2.75) is 19.4 Å². The summed E-state index contributed by atoms with van der Waals surface area (Å²) in [6, 6.07) is 15.9. The maximum Gasteiger partial charge on any atom is 0.319 e. The summed E-state index contributed by atoms with van der Waals surface area (Å²) in [5, 5.41) is 17.3. The van der Waals surface area contributed by atoms with E-state index in [1.165, 1.54) is 11.1 Å². The maximum absolute atomic E-state index is 12.2. The van der Waals surface area contributed by atoms with Crippen LogP contribution in [0, 0.1) is 0 Å². The van der Waals surface area contributed by atoms with Crippen molar-refractivity contribution < 1.29 is 4.79 Å². The molecule has 4 rings (SSSR count). The Hall–Kier alpha value is -3.26. The van der Waals surface area contributed by atoms with Crippen LogP contribution in [-0.4, -0.2) is 50.8 Å². The molecule has 2 aromatic carbocycles. The van der Waals surface area contributed by atoms with Gasteiger partial charge in [-0.15, -0.1) is 5.10 Å². The number of amides is 2. The van der Waals surface area contributed by atoms with Crippen LogP contribution in [0.5, 0.6) is 0 Å². The molecule has 150 valence electrons. The van der Waals surface area contributed by atoms with Gasteiger partial charge >= 0.3 is 6.03 Å². The molecule has 0 unspecified atom stereocenters. The van der Waals surface area contributed by atoms with E-state index in [1.807, 2.05) is 24.3 Å². The van der Waals surface area contributed by atoms with Crippen molar-refractivity contribution in [1.29, 1.82) is 0 Å². The summed E-state index contributed by atoms with van der Waals surface area (Å²) in [6.07, 6.45) is 2.02. The van der Waals surface area contributed by atoms with Gasteiger partial charge in [0.25, 0.3) is 0 Å². The molecule has 1 aliphatic heterocycles. The van der Waals surface area contributed by atoms with Gasteiger partial charge in [0.15, 0.2) is 5.82 Å². The molecule has 2 N–H and O–H groups in total. The Labute approximate surface area is 169 Å². The van der Waals surface area contributed by atoms with Crippen molar-refractivity contribution in [2.24, 2.45) is 7.05 Å². The predicted octanol–water partition coefficient (Wildman–Crippen LogP) is 2.45. The van der Waals surface area contributed by atoms with Gasteiger partial charge in [-0.1, -0.05) is 36.4 Å². The van der Waals surface area contributed by atoms with E-state index in [1.54, 1.807) is 11.7 Å². The van der Waals surface area contributed by atoms with Crippen molar-refractivity contribution in [3.05, 3.63) is 59.7 Å². The van der Waals surface area contributed by atoms with Crippen LogP contribution in [0.2, 0.25) is 0 Å². The van der Waals surface area contributed by atoms with E-state index in [0.29, 0.717) is 18.1 Å². The van der Waals surface area contributed by atoms with Crippen LogP contribution in [0.3, 0.4) is 0 Å². The Bertz CT molecular complexity index is 984. The fraction of sp³-hybridized carbons (Fsp3) is 0.333. The zero-order valence-corrected chi connectivity index (χ0v) is 16.5. The first-order chi connectivity index (χ1) is 14.2. The molecule has 0 spiro atoms. The third-order valence-electron chi connectivity index (χ3n) is 5.15. The lowest BCUT2D eigenvalue weighted by atomic mass is 10.00. The number of urea groups is 1. The number of anilines is 1. The lowest BCUT2D eigenvalue weighted by Crippen LogP contribution is -2.34. The number of nitrogens with zero attached hydrogens (tertiary/aromatic N) is 5. The second kappa shape index (κ2) is 8.83. The first-order valence-electron chi connectivity index (χ1n) is 9.86. The first-order valence-corrected chi connectivity index (χ1v) is 9.86. The number of carbonyl (C=O) groups is 1. The van der Waals surface area contributed by atoms with E-state index in [-0.39, 0.29) is 6.03 Å². The molecule has 0 aliphatic carbocycles. The van der Waals surface area contributed by atoms with E-state index in [2.05, 4.69) is 55.3 Å². The standard InChI is InChI=1S/C21H25N7O/c1-27-20(24-25-26-27)17-8-4-9-19(14-17)23-21(29)22-11-5-12-28-13-10-16-6-2-3-7-18(16)15-28/h2-4,6-9,14H,5,10-13,15H2,1H3,(H2,22,23,29). The molecule has 0 saturated heterocycles. The summed E-state index contributed by atoms with van der Waals surface area (Å²) >= 11 is 0. The fourth-order valence-electron chi connectivity index (χ4n) is 3.63. The van der Waals surface area contributed by atoms with Gasteiger partial charge in [0.2, 0.25) is 0 Å². The summed E-state index contributed by atoms with van der Waals surface area (Å²) < 4.78 is 1.60. The number of hydrogen-bond donors (Lipinski definition) is 2. The van der Waals surface area contributed by atoms with Gasteiger partial charge in [-0.05, 0) is 46.5 Å². The molecule has 0 radical (unpaired) electrons. The molecular formula is C21H25N7O. The van der Waals surface area contributed by atoms with Gasteiger partial charge in [-0.3, -0.25) is 4.90 Å². The van der Waals surface area contributed by atoms with Crippen molar-refractivity contribution in [2.75, 3.05) is 25.0 Å². The fourth-order valence-corrected chi connectivity index (χ4v) is 3.63. The van der Waals surface area contributed by atoms with E-state index >= 15 is 0 Å². The number of fused-ring (bicyclic) bond motifs is 1. The molecule has 8 heteroatoms. The minimum absolute atomic E-state index is 0.206. The molecule has 29 heavy (non-hydrogen) atoms. The quantitative estimate of drug-likeness (QED) is 0.630. The maximum atomic E-state index is 12.2. The van der Waals surface area contributed by atoms with Crippen molar-refractivity contribution in [3.63, 3.8) is 0 Å². The molecule has 2 heterocycles. The molecule has 0 fully saturated rings. The molecule has 8 nitrogen and oxygen atoms in total. The van der Waals surface area contributed by atoms with E-state index < -0.39 is 0 Å². The van der Waals surface area contributed by atoms with Gasteiger partial charge in [-0.25, -0.2) is 9.48 Å². The Morgan fingerprint density at radius 2 is 2.00 bits per heavy atom. The third kappa shape index (κ3) is 4.78. The lowest BCUT2D eigenvalue weighted by Gasteiger charge is -2.28. The topological polar surface area (TPSA) is 88.0 Å². The van der Waals surface area contributed by atoms with Crippen molar-refractivity contribution in [1.82, 2.24) is 30.4 Å². The number of aryl methyl sites for hydroxylation is 1. The highest BCUT2D eigenvalue weighted by atomic mass is 16.2. The second-order valence-corrected chi connectivity index (χ2v) is 7.24. The lowest BCUT2D eigenvalue weighted by molar-refractivity contribution is 0.242. The molecule has 3 aromatic rings. The Kier molecular flexibility index (Phi) is 5.81. The van der Waals surface area contributed by atoms with Crippen LogP contribution in [0.1, 0.15) is 17.5 Å². The smallest absolute Gasteiger partial charge is 0.319 e. The van der Waals surface area contributed by atoms with Gasteiger partial charge in [-0.2, -0.15) is 0 Å². The monoisotopic (exact) mass is 391 g/mol. The summed E-state index contributed by atoms with van der Waals surface area (Å²) in [7, 11) is 1.78. The Balaban J connectivity index is 1.22. The number of tetrazole rings is 1. The molecule has 0 bridgehead atoms. The van der Waals surface area contributed by atoms with Gasteiger partial charge < -0.3 is 10.6 Å². The summed E-state index contributed by atoms with van der Waals surface area (Å²) in [6.45, 7) is 3.68.